The highest BCUT2D eigenvalue weighted by Crippen LogP contribution is 1.24. The molecule has 16 heavy (non-hydrogen) atoms. The van der Waals surface area contributed by atoms with E-state index in [1.165, 1.54) is 27.7 Å². The zero-order valence-corrected chi connectivity index (χ0v) is 10.5. The van der Waals surface area contributed by atoms with Crippen molar-refractivity contribution in [3.05, 3.63) is 0 Å². The second kappa shape index (κ2) is 102. The Morgan fingerprint density at radius 2 is 0.688 bits per heavy atom. The molecule has 0 fully saturated rings. The van der Waals surface area contributed by atoms with Crippen LogP contribution in [0.2, 0.25) is 0 Å². The normalized spacial score (nSPS) is 5.12. The fraction of sp³-hybridized carbons (Fsp3) is 0.600. The summed E-state index contributed by atoms with van der Waals surface area (Å²) < 4.78 is 0. The molecule has 98 valence electrons. The van der Waals surface area contributed by atoms with Crippen molar-refractivity contribution < 1.29 is 19.2 Å². The number of nitrogens with two attached hydrogens (primary N) is 2. The Kier molecular flexibility index (Phi) is 187. The highest BCUT2D eigenvalue weighted by molar-refractivity contribution is 5.45. The first-order valence-electron chi connectivity index (χ1n) is 4.57. The van der Waals surface area contributed by atoms with Gasteiger partial charge in [-0.15, -0.1) is 0 Å². The lowest BCUT2D eigenvalue weighted by Crippen LogP contribution is -2.11. The molecule has 6 nitrogen and oxygen atoms in total. The summed E-state index contributed by atoms with van der Waals surface area (Å²) in [5, 5.41) is 0. The summed E-state index contributed by atoms with van der Waals surface area (Å²) in [4.78, 5) is 35.2. The molecule has 0 bridgehead atoms. The lowest BCUT2D eigenvalue weighted by molar-refractivity contribution is -0.106. The van der Waals surface area contributed by atoms with Crippen LogP contribution >= 0.6 is 0 Å². The third kappa shape index (κ3) is 10600. The molecule has 0 heterocycles. The topological polar surface area (TPSA) is 120 Å². The Labute approximate surface area is 97.4 Å². The van der Waals surface area contributed by atoms with Gasteiger partial charge in [0, 0.05) is 13.1 Å². The minimum atomic E-state index is 0.597. The first kappa shape index (κ1) is 29.3. The summed E-state index contributed by atoms with van der Waals surface area (Å²) in [6, 6.07) is 0. The molecule has 0 aromatic rings. The highest BCUT2D eigenvalue weighted by atomic mass is 16.1. The van der Waals surface area contributed by atoms with E-state index < -0.39 is 0 Å². The van der Waals surface area contributed by atoms with Crippen LogP contribution in [-0.2, 0) is 19.2 Å². The Hall–Kier alpha value is -1.40. The average Bonchev–Trinajstić information content (AvgIpc) is 2.22. The van der Waals surface area contributed by atoms with Crippen LogP contribution < -0.4 is 11.5 Å². The van der Waals surface area contributed by atoms with Crippen molar-refractivity contribution in [2.45, 2.75) is 27.7 Å². The smallest absolute Gasteiger partial charge is 0.116 e. The van der Waals surface area contributed by atoms with E-state index >= 15 is 0 Å². The Morgan fingerprint density at radius 3 is 0.688 bits per heavy atom. The third-order valence-corrected chi connectivity index (χ3v) is 0.167. The van der Waals surface area contributed by atoms with E-state index in [-0.39, 0.29) is 0 Å². The summed E-state index contributed by atoms with van der Waals surface area (Å²) >= 11 is 0. The van der Waals surface area contributed by atoms with Gasteiger partial charge >= 0.3 is 0 Å². The molecule has 6 heteroatoms. The maximum absolute atomic E-state index is 8.81. The molecule has 0 saturated heterocycles. The van der Waals surface area contributed by atoms with Crippen LogP contribution in [0.3, 0.4) is 0 Å². The van der Waals surface area contributed by atoms with Gasteiger partial charge in [-0.25, -0.2) is 0 Å². The molecule has 0 rings (SSSR count). The van der Waals surface area contributed by atoms with Gasteiger partial charge in [0.2, 0.25) is 0 Å². The fourth-order valence-electron chi connectivity index (χ4n) is 0. The predicted molar refractivity (Wildman–Crippen MR) is 65.1 cm³/mol. The van der Waals surface area contributed by atoms with Crippen LogP contribution in [0.25, 0.3) is 0 Å². The van der Waals surface area contributed by atoms with E-state index in [0.717, 1.165) is 25.1 Å². The molecule has 4 N–H and O–H groups in total. The van der Waals surface area contributed by atoms with Crippen LogP contribution in [0.1, 0.15) is 27.7 Å². The van der Waals surface area contributed by atoms with Crippen molar-refractivity contribution in [2.75, 3.05) is 13.1 Å². The number of hydrogen-bond acceptors (Lipinski definition) is 6. The van der Waals surface area contributed by atoms with Gasteiger partial charge in [0.25, 0.3) is 0 Å². The molecule has 0 aromatic heterocycles. The molecule has 0 saturated carbocycles. The number of carbonyl (C=O) groups is 4. The standard InChI is InChI=1S/C2H8N2.4C2H4O/c3-1-2-4;4*1-2-3/h1-4H2;4*2H,1H3. The SMILES string of the molecule is CC=O.CC=O.CC=O.CC=O.NCCN. The monoisotopic (exact) mass is 236 g/mol. The number of aldehydes is 4. The molecule has 0 aromatic carbocycles. The molecule has 0 amide bonds. The fourth-order valence-corrected chi connectivity index (χ4v) is 0. The highest BCUT2D eigenvalue weighted by Gasteiger charge is 1.54. The minimum Gasteiger partial charge on any atom is -0.329 e. The van der Waals surface area contributed by atoms with Crippen molar-refractivity contribution in [3.63, 3.8) is 0 Å². The summed E-state index contributed by atoms with van der Waals surface area (Å²) in [5.74, 6) is 0. The second-order valence-corrected chi connectivity index (χ2v) is 1.52. The lowest BCUT2D eigenvalue weighted by Gasteiger charge is -1.72. The van der Waals surface area contributed by atoms with Gasteiger partial charge in [0.1, 0.15) is 25.1 Å². The number of rotatable bonds is 1. The van der Waals surface area contributed by atoms with Crippen molar-refractivity contribution in [1.29, 1.82) is 0 Å². The largest absolute Gasteiger partial charge is 0.329 e. The van der Waals surface area contributed by atoms with Crippen LogP contribution in [0.5, 0.6) is 0 Å². The van der Waals surface area contributed by atoms with E-state index in [0.29, 0.717) is 13.1 Å². The summed E-state index contributed by atoms with van der Waals surface area (Å²) in [7, 11) is 0. The summed E-state index contributed by atoms with van der Waals surface area (Å²) in [6.07, 6.45) is 3.00. The van der Waals surface area contributed by atoms with Gasteiger partial charge in [-0.2, -0.15) is 0 Å². The molecule has 0 aliphatic heterocycles. The summed E-state index contributed by atoms with van der Waals surface area (Å²) in [6.45, 7) is 6.97. The van der Waals surface area contributed by atoms with Crippen LogP contribution in [0, 0.1) is 0 Å². The maximum atomic E-state index is 8.81. The van der Waals surface area contributed by atoms with Crippen molar-refractivity contribution in [1.82, 2.24) is 0 Å². The first-order chi connectivity index (χ1) is 7.57. The van der Waals surface area contributed by atoms with Gasteiger partial charge in [-0.1, -0.05) is 0 Å². The zero-order valence-electron chi connectivity index (χ0n) is 10.5. The quantitative estimate of drug-likeness (QED) is 0.604. The van der Waals surface area contributed by atoms with E-state index in [9.17, 15) is 0 Å². The van der Waals surface area contributed by atoms with E-state index in [1.54, 1.807) is 0 Å². The third-order valence-electron chi connectivity index (χ3n) is 0.167. The van der Waals surface area contributed by atoms with E-state index in [4.69, 9.17) is 30.6 Å². The Morgan fingerprint density at radius 1 is 0.625 bits per heavy atom. The van der Waals surface area contributed by atoms with Crippen LogP contribution in [-0.4, -0.2) is 38.2 Å². The predicted octanol–water partition coefficient (Wildman–Crippen LogP) is -0.275. The van der Waals surface area contributed by atoms with E-state index in [2.05, 4.69) is 0 Å². The second-order valence-electron chi connectivity index (χ2n) is 1.52. The molecular formula is C10H24N2O4. The van der Waals surface area contributed by atoms with Gasteiger partial charge < -0.3 is 30.6 Å². The Balaban J connectivity index is -0.0000000317. The molecule has 0 atom stereocenters. The van der Waals surface area contributed by atoms with Gasteiger partial charge in [-0.05, 0) is 27.7 Å². The van der Waals surface area contributed by atoms with Crippen molar-refractivity contribution in [2.24, 2.45) is 11.5 Å². The lowest BCUT2D eigenvalue weighted by atomic mass is 10.7. The van der Waals surface area contributed by atoms with Crippen LogP contribution in [0.4, 0.5) is 0 Å². The van der Waals surface area contributed by atoms with E-state index in [1.807, 2.05) is 0 Å². The molecular weight excluding hydrogens is 212 g/mol. The minimum absolute atomic E-state index is 0.597. The average molecular weight is 236 g/mol. The first-order valence-corrected chi connectivity index (χ1v) is 4.57. The zero-order chi connectivity index (χ0) is 14.2. The van der Waals surface area contributed by atoms with Crippen LogP contribution in [0.15, 0.2) is 0 Å². The summed E-state index contributed by atoms with van der Waals surface area (Å²) in [5.41, 5.74) is 9.81. The van der Waals surface area contributed by atoms with Gasteiger partial charge in [-0.3, -0.25) is 0 Å². The Bertz CT molecular complexity index is 93.4. The molecule has 0 spiro atoms. The number of hydrogen-bond donors (Lipinski definition) is 2. The number of carbonyl (C=O) groups excluding carboxylic acids is 4. The van der Waals surface area contributed by atoms with Gasteiger partial charge in [0.15, 0.2) is 0 Å². The molecule has 0 aliphatic rings. The molecule has 0 aliphatic carbocycles. The maximum Gasteiger partial charge on any atom is 0.116 e. The van der Waals surface area contributed by atoms with Crippen molar-refractivity contribution in [3.8, 4) is 0 Å². The molecule has 0 radical (unpaired) electrons. The molecule has 0 unspecified atom stereocenters. The van der Waals surface area contributed by atoms with Gasteiger partial charge in [0.05, 0.1) is 0 Å². The van der Waals surface area contributed by atoms with Crippen molar-refractivity contribution >= 4 is 25.1 Å².